The van der Waals surface area contributed by atoms with Gasteiger partial charge in [-0.3, -0.25) is 0 Å². The van der Waals surface area contributed by atoms with Gasteiger partial charge in [0.2, 0.25) is 0 Å². The van der Waals surface area contributed by atoms with Crippen LogP contribution in [0.1, 0.15) is 0 Å². The van der Waals surface area contributed by atoms with Crippen LogP contribution >= 0.6 is 0 Å². The highest BCUT2D eigenvalue weighted by Crippen LogP contribution is 1.93. The van der Waals surface area contributed by atoms with Gasteiger partial charge in [-0.15, -0.1) is 0 Å². The van der Waals surface area contributed by atoms with Crippen LogP contribution in [0.15, 0.2) is 0 Å². The minimum absolute atomic E-state index is 0.163. The molecular formula is C9H24N2O5. The second kappa shape index (κ2) is 12.8. The second-order valence-corrected chi connectivity index (χ2v) is 3.37. The van der Waals surface area contributed by atoms with Crippen LogP contribution in [0.5, 0.6) is 0 Å². The van der Waals surface area contributed by atoms with Crippen molar-refractivity contribution in [3.63, 3.8) is 0 Å². The fourth-order valence-corrected chi connectivity index (χ4v) is 0.727. The van der Waals surface area contributed by atoms with E-state index in [-0.39, 0.29) is 26.4 Å². The molecule has 0 aliphatic carbocycles. The van der Waals surface area contributed by atoms with Gasteiger partial charge < -0.3 is 36.2 Å². The molecule has 0 aromatic heterocycles. The van der Waals surface area contributed by atoms with Crippen LogP contribution in [0.25, 0.3) is 0 Å². The van der Waals surface area contributed by atoms with Gasteiger partial charge in [0.25, 0.3) is 0 Å². The number of rotatable bonds is 7. The lowest BCUT2D eigenvalue weighted by Crippen LogP contribution is -2.34. The van der Waals surface area contributed by atoms with Gasteiger partial charge in [0.05, 0.1) is 26.4 Å². The fraction of sp³-hybridized carbons (Fsp3) is 1.00. The summed E-state index contributed by atoms with van der Waals surface area (Å²) >= 11 is 0. The molecule has 0 saturated carbocycles. The lowest BCUT2D eigenvalue weighted by atomic mass is 10.1. The van der Waals surface area contributed by atoms with Crippen LogP contribution in [-0.2, 0) is 0 Å². The molecule has 7 N–H and O–H groups in total. The van der Waals surface area contributed by atoms with Gasteiger partial charge in [0.15, 0.2) is 0 Å². The maximum atomic E-state index is 8.47. The highest BCUT2D eigenvalue weighted by Gasteiger charge is 2.11. The molecule has 0 fully saturated rings. The zero-order chi connectivity index (χ0) is 13.0. The third kappa shape index (κ3) is 11.8. The summed E-state index contributed by atoms with van der Waals surface area (Å²) in [6.07, 6.45) is -1.12. The average molecular weight is 240 g/mol. The minimum Gasteiger partial charge on any atom is -0.396 e. The highest BCUT2D eigenvalue weighted by molar-refractivity contribution is 4.58. The lowest BCUT2D eigenvalue weighted by Gasteiger charge is -2.12. The van der Waals surface area contributed by atoms with Gasteiger partial charge in [-0.1, -0.05) is 0 Å². The molecule has 16 heavy (non-hydrogen) atoms. The number of nitrogens with two attached hydrogens (primary N) is 1. The van der Waals surface area contributed by atoms with Gasteiger partial charge in [-0.05, 0) is 7.05 Å². The largest absolute Gasteiger partial charge is 0.396 e. The molecule has 1 atom stereocenters. The van der Waals surface area contributed by atoms with Gasteiger partial charge in [-0.2, -0.15) is 0 Å². The lowest BCUT2D eigenvalue weighted by molar-refractivity contribution is 0.0360. The molecule has 0 saturated heterocycles. The van der Waals surface area contributed by atoms with Crippen molar-refractivity contribution in [3.05, 3.63) is 0 Å². The van der Waals surface area contributed by atoms with Crippen molar-refractivity contribution in [3.8, 4) is 0 Å². The summed E-state index contributed by atoms with van der Waals surface area (Å²) in [5.74, 6) is -0.602. The maximum Gasteiger partial charge on any atom is 0.109 e. The second-order valence-electron chi connectivity index (χ2n) is 3.37. The van der Waals surface area contributed by atoms with Crippen molar-refractivity contribution >= 4 is 0 Å². The fourth-order valence-electron chi connectivity index (χ4n) is 0.727. The normalized spacial score (nSPS) is 12.6. The minimum atomic E-state index is -1.12. The molecule has 0 rings (SSSR count). The molecule has 0 aromatic rings. The Morgan fingerprint density at radius 1 is 1.00 bits per heavy atom. The SMILES string of the molecule is CN(CCO)CCO.NC(O)C(CO)CO. The summed E-state index contributed by atoms with van der Waals surface area (Å²) in [4.78, 5) is 1.86. The van der Waals surface area contributed by atoms with Crippen LogP contribution in [0.4, 0.5) is 0 Å². The molecule has 0 spiro atoms. The van der Waals surface area contributed by atoms with Crippen LogP contribution < -0.4 is 5.73 Å². The zero-order valence-electron chi connectivity index (χ0n) is 9.66. The van der Waals surface area contributed by atoms with E-state index in [0.717, 1.165) is 0 Å². The molecule has 100 valence electrons. The van der Waals surface area contributed by atoms with Gasteiger partial charge in [-0.25, -0.2) is 0 Å². The van der Waals surface area contributed by atoms with Crippen LogP contribution in [-0.4, -0.2) is 83.2 Å². The standard InChI is InChI=1S/C5H13NO2.C4H11NO3/c1-6(2-4-7)3-5-8;5-4(8)3(1-6)2-7/h7-8H,2-5H2,1H3;3-4,6-8H,1-2,5H2. The van der Waals surface area contributed by atoms with Crippen LogP contribution in [0.2, 0.25) is 0 Å². The molecule has 0 heterocycles. The number of aliphatic hydroxyl groups excluding tert-OH is 5. The molecule has 7 heteroatoms. The Bertz CT molecular complexity index is 127. The van der Waals surface area contributed by atoms with Gasteiger partial charge >= 0.3 is 0 Å². The topological polar surface area (TPSA) is 130 Å². The Balaban J connectivity index is 0. The summed E-state index contributed by atoms with van der Waals surface area (Å²) in [6.45, 7) is 1.04. The van der Waals surface area contributed by atoms with E-state index in [1.807, 2.05) is 11.9 Å². The Kier molecular flexibility index (Phi) is 14.5. The predicted octanol–water partition coefficient (Wildman–Crippen LogP) is -3.23. The third-order valence-electron chi connectivity index (χ3n) is 1.92. The summed E-state index contributed by atoms with van der Waals surface area (Å²) in [5.41, 5.74) is 4.89. The Hall–Kier alpha value is -0.280. The number of hydrogen-bond acceptors (Lipinski definition) is 7. The van der Waals surface area contributed by atoms with E-state index in [9.17, 15) is 0 Å². The maximum absolute atomic E-state index is 8.47. The quantitative estimate of drug-likeness (QED) is 0.258. The molecule has 0 aliphatic heterocycles. The first-order chi connectivity index (χ1) is 7.53. The molecular weight excluding hydrogens is 216 g/mol. The Morgan fingerprint density at radius 3 is 1.50 bits per heavy atom. The molecule has 0 radical (unpaired) electrons. The average Bonchev–Trinajstić information content (AvgIpc) is 2.20. The Morgan fingerprint density at radius 2 is 1.38 bits per heavy atom. The van der Waals surface area contributed by atoms with Crippen LogP contribution in [0.3, 0.4) is 0 Å². The number of likely N-dealkylation sites (N-methyl/N-ethyl adjacent to an activating group) is 1. The van der Waals surface area contributed by atoms with E-state index in [0.29, 0.717) is 13.1 Å². The summed E-state index contributed by atoms with van der Waals surface area (Å²) in [5, 5.41) is 41.7. The smallest absolute Gasteiger partial charge is 0.109 e. The number of nitrogens with zero attached hydrogens (tertiary/aromatic N) is 1. The summed E-state index contributed by atoms with van der Waals surface area (Å²) < 4.78 is 0. The van der Waals surface area contributed by atoms with Gasteiger partial charge in [0.1, 0.15) is 6.23 Å². The van der Waals surface area contributed by atoms with Crippen molar-refractivity contribution in [2.24, 2.45) is 11.7 Å². The summed E-state index contributed by atoms with van der Waals surface area (Å²) in [6, 6.07) is 0. The monoisotopic (exact) mass is 240 g/mol. The highest BCUT2D eigenvalue weighted by atomic mass is 16.3. The first-order valence-electron chi connectivity index (χ1n) is 5.09. The van der Waals surface area contributed by atoms with Crippen molar-refractivity contribution in [1.29, 1.82) is 0 Å². The van der Waals surface area contributed by atoms with E-state index in [1.54, 1.807) is 0 Å². The third-order valence-corrected chi connectivity index (χ3v) is 1.92. The van der Waals surface area contributed by atoms with Crippen molar-refractivity contribution in [2.45, 2.75) is 6.23 Å². The first kappa shape index (κ1) is 18.1. The zero-order valence-corrected chi connectivity index (χ0v) is 9.66. The Labute approximate surface area is 95.7 Å². The van der Waals surface area contributed by atoms with Crippen molar-refractivity contribution in [1.82, 2.24) is 4.90 Å². The molecule has 1 unspecified atom stereocenters. The van der Waals surface area contributed by atoms with E-state index in [4.69, 9.17) is 31.3 Å². The number of hydrogen-bond donors (Lipinski definition) is 6. The van der Waals surface area contributed by atoms with Crippen molar-refractivity contribution < 1.29 is 25.5 Å². The first-order valence-corrected chi connectivity index (χ1v) is 5.09. The van der Waals surface area contributed by atoms with Crippen molar-refractivity contribution in [2.75, 3.05) is 46.6 Å². The van der Waals surface area contributed by atoms with E-state index in [1.165, 1.54) is 0 Å². The molecule has 0 amide bonds. The van der Waals surface area contributed by atoms with Gasteiger partial charge in [0, 0.05) is 19.0 Å². The number of aliphatic hydroxyl groups is 5. The predicted molar refractivity (Wildman–Crippen MR) is 59.5 cm³/mol. The summed E-state index contributed by atoms with van der Waals surface area (Å²) in [7, 11) is 1.85. The molecule has 0 bridgehead atoms. The molecule has 0 aliphatic rings. The van der Waals surface area contributed by atoms with Crippen LogP contribution in [0, 0.1) is 5.92 Å². The van der Waals surface area contributed by atoms with E-state index >= 15 is 0 Å². The molecule has 0 aromatic carbocycles. The van der Waals surface area contributed by atoms with E-state index < -0.39 is 12.1 Å². The molecule has 7 nitrogen and oxygen atoms in total. The van der Waals surface area contributed by atoms with E-state index in [2.05, 4.69) is 0 Å².